The second-order valence-electron chi connectivity index (χ2n) is 7.04. The van der Waals surface area contributed by atoms with Crippen LogP contribution in [0, 0.1) is 0 Å². The van der Waals surface area contributed by atoms with Gasteiger partial charge in [0.15, 0.2) is 5.76 Å². The Kier molecular flexibility index (Phi) is 7.32. The standard InChI is InChI=1S/C25H20BrClN2O4/c1-2-31-21-8-10-23-17(12-21)13-24(33-23)25(30)29-28-14-18-11-19(26)5-9-22(18)32-15-16-3-6-20(27)7-4-16/h3-14H,2,15H2,1H3,(H,29,30)/b28-14+. The molecule has 0 saturated carbocycles. The van der Waals surface area contributed by atoms with E-state index in [0.29, 0.717) is 35.1 Å². The number of nitrogens with zero attached hydrogens (tertiary/aromatic N) is 1. The molecular formula is C25H20BrClN2O4. The highest BCUT2D eigenvalue weighted by atomic mass is 79.9. The van der Waals surface area contributed by atoms with Gasteiger partial charge in [-0.25, -0.2) is 5.43 Å². The van der Waals surface area contributed by atoms with Crippen LogP contribution in [-0.4, -0.2) is 18.7 Å². The summed E-state index contributed by atoms with van der Waals surface area (Å²) in [5.74, 6) is 1.04. The highest BCUT2D eigenvalue weighted by Crippen LogP contribution is 2.25. The molecule has 0 bridgehead atoms. The first-order valence-electron chi connectivity index (χ1n) is 10.2. The molecule has 0 aliphatic carbocycles. The van der Waals surface area contributed by atoms with Crippen LogP contribution in [0.4, 0.5) is 0 Å². The second kappa shape index (κ2) is 10.6. The van der Waals surface area contributed by atoms with Gasteiger partial charge in [0.1, 0.15) is 23.7 Å². The van der Waals surface area contributed by atoms with Crippen molar-refractivity contribution in [2.24, 2.45) is 5.10 Å². The average Bonchev–Trinajstić information content (AvgIpc) is 3.23. The summed E-state index contributed by atoms with van der Waals surface area (Å²) in [7, 11) is 0. The molecule has 0 radical (unpaired) electrons. The predicted molar refractivity (Wildman–Crippen MR) is 132 cm³/mol. The van der Waals surface area contributed by atoms with Crippen LogP contribution in [0.1, 0.15) is 28.6 Å². The summed E-state index contributed by atoms with van der Waals surface area (Å²) in [6.07, 6.45) is 1.52. The monoisotopic (exact) mass is 526 g/mol. The van der Waals surface area contributed by atoms with Crippen LogP contribution >= 0.6 is 27.5 Å². The minimum Gasteiger partial charge on any atom is -0.494 e. The highest BCUT2D eigenvalue weighted by Gasteiger charge is 2.12. The SMILES string of the molecule is CCOc1ccc2oc(C(=O)N/N=C/c3cc(Br)ccc3OCc3ccc(Cl)cc3)cc2c1. The van der Waals surface area contributed by atoms with Crippen LogP contribution in [0.5, 0.6) is 11.5 Å². The summed E-state index contributed by atoms with van der Waals surface area (Å²) in [5.41, 5.74) is 4.77. The fraction of sp³-hybridized carbons (Fsp3) is 0.120. The number of rotatable bonds is 8. The molecule has 1 N–H and O–H groups in total. The molecule has 1 aromatic heterocycles. The predicted octanol–water partition coefficient (Wildman–Crippen LogP) is 6.59. The van der Waals surface area contributed by atoms with Crippen molar-refractivity contribution in [2.75, 3.05) is 6.61 Å². The zero-order valence-corrected chi connectivity index (χ0v) is 20.0. The fourth-order valence-corrected chi connectivity index (χ4v) is 3.60. The molecular weight excluding hydrogens is 508 g/mol. The lowest BCUT2D eigenvalue weighted by Crippen LogP contribution is -2.16. The van der Waals surface area contributed by atoms with Gasteiger partial charge in [-0.3, -0.25) is 4.79 Å². The Morgan fingerprint density at radius 2 is 1.91 bits per heavy atom. The largest absolute Gasteiger partial charge is 0.494 e. The molecule has 0 aliphatic heterocycles. The lowest BCUT2D eigenvalue weighted by molar-refractivity contribution is 0.0929. The average molecular weight is 528 g/mol. The number of furan rings is 1. The van der Waals surface area contributed by atoms with Crippen LogP contribution in [0.15, 0.2) is 80.7 Å². The van der Waals surface area contributed by atoms with Crippen LogP contribution in [0.25, 0.3) is 11.0 Å². The van der Waals surface area contributed by atoms with Crippen LogP contribution in [0.3, 0.4) is 0 Å². The summed E-state index contributed by atoms with van der Waals surface area (Å²) >= 11 is 9.38. The van der Waals surface area contributed by atoms with Gasteiger partial charge in [-0.15, -0.1) is 0 Å². The van der Waals surface area contributed by atoms with Crippen molar-refractivity contribution in [1.82, 2.24) is 5.43 Å². The third-order valence-electron chi connectivity index (χ3n) is 4.67. The van der Waals surface area contributed by atoms with Crippen molar-refractivity contribution in [1.29, 1.82) is 0 Å². The van der Waals surface area contributed by atoms with E-state index in [1.54, 1.807) is 18.2 Å². The first kappa shape index (κ1) is 22.9. The Morgan fingerprint density at radius 1 is 1.09 bits per heavy atom. The van der Waals surface area contributed by atoms with Gasteiger partial charge in [0.05, 0.1) is 12.8 Å². The van der Waals surface area contributed by atoms with Crippen molar-refractivity contribution in [3.8, 4) is 11.5 Å². The number of hydrogen-bond acceptors (Lipinski definition) is 5. The quantitative estimate of drug-likeness (QED) is 0.207. The molecule has 1 amide bonds. The van der Waals surface area contributed by atoms with Crippen LogP contribution in [0.2, 0.25) is 5.02 Å². The van der Waals surface area contributed by atoms with Gasteiger partial charge in [0.25, 0.3) is 0 Å². The minimum absolute atomic E-state index is 0.157. The van der Waals surface area contributed by atoms with Crippen LogP contribution in [-0.2, 0) is 6.61 Å². The number of nitrogens with one attached hydrogen (secondary N) is 1. The number of benzene rings is 3. The van der Waals surface area contributed by atoms with Crippen molar-refractivity contribution in [3.05, 3.63) is 93.1 Å². The van der Waals surface area contributed by atoms with E-state index in [2.05, 4.69) is 26.5 Å². The van der Waals surface area contributed by atoms with E-state index < -0.39 is 5.91 Å². The molecule has 0 unspecified atom stereocenters. The Labute approximate surface area is 204 Å². The molecule has 0 aliphatic rings. The van der Waals surface area contributed by atoms with E-state index in [1.807, 2.05) is 55.5 Å². The van der Waals surface area contributed by atoms with Gasteiger partial charge < -0.3 is 13.9 Å². The molecule has 0 spiro atoms. The molecule has 1 heterocycles. The molecule has 0 saturated heterocycles. The molecule has 3 aromatic carbocycles. The van der Waals surface area contributed by atoms with Gasteiger partial charge >= 0.3 is 5.91 Å². The van der Waals surface area contributed by atoms with Gasteiger partial charge in [0, 0.05) is 20.4 Å². The Bertz CT molecular complexity index is 1300. The molecule has 4 aromatic rings. The number of hydrazone groups is 1. The number of fused-ring (bicyclic) bond motifs is 1. The van der Waals surface area contributed by atoms with Crippen molar-refractivity contribution in [2.45, 2.75) is 13.5 Å². The third-order valence-corrected chi connectivity index (χ3v) is 5.42. The summed E-state index contributed by atoms with van der Waals surface area (Å²) in [4.78, 5) is 12.5. The van der Waals surface area contributed by atoms with E-state index in [0.717, 1.165) is 21.2 Å². The first-order valence-corrected chi connectivity index (χ1v) is 11.4. The van der Waals surface area contributed by atoms with Crippen molar-refractivity contribution < 1.29 is 18.7 Å². The number of carbonyl (C=O) groups excluding carboxylic acids is 1. The summed E-state index contributed by atoms with van der Waals surface area (Å²) < 4.78 is 17.9. The molecule has 0 atom stereocenters. The maximum atomic E-state index is 12.5. The van der Waals surface area contributed by atoms with E-state index in [4.69, 9.17) is 25.5 Å². The minimum atomic E-state index is -0.459. The fourth-order valence-electron chi connectivity index (χ4n) is 3.10. The molecule has 33 heavy (non-hydrogen) atoms. The molecule has 168 valence electrons. The van der Waals surface area contributed by atoms with Crippen molar-refractivity contribution in [3.63, 3.8) is 0 Å². The maximum Gasteiger partial charge on any atom is 0.307 e. The lowest BCUT2D eigenvalue weighted by Gasteiger charge is -2.10. The van der Waals surface area contributed by atoms with Gasteiger partial charge in [0.2, 0.25) is 0 Å². The summed E-state index contributed by atoms with van der Waals surface area (Å²) in [6.45, 7) is 2.84. The Balaban J connectivity index is 1.44. The molecule has 8 heteroatoms. The molecule has 0 fully saturated rings. The maximum absolute atomic E-state index is 12.5. The number of amides is 1. The van der Waals surface area contributed by atoms with E-state index in [9.17, 15) is 4.79 Å². The van der Waals surface area contributed by atoms with Gasteiger partial charge in [-0.05, 0) is 67.1 Å². The van der Waals surface area contributed by atoms with Crippen molar-refractivity contribution >= 4 is 50.6 Å². The summed E-state index contributed by atoms with van der Waals surface area (Å²) in [5, 5.41) is 5.53. The topological polar surface area (TPSA) is 73.1 Å². The first-order chi connectivity index (χ1) is 16.0. The summed E-state index contributed by atoms with van der Waals surface area (Å²) in [6, 6.07) is 20.0. The Hall–Kier alpha value is -3.29. The molecule has 4 rings (SSSR count). The van der Waals surface area contributed by atoms with Gasteiger partial charge in [-0.1, -0.05) is 39.7 Å². The van der Waals surface area contributed by atoms with E-state index >= 15 is 0 Å². The van der Waals surface area contributed by atoms with Gasteiger partial charge in [-0.2, -0.15) is 5.10 Å². The Morgan fingerprint density at radius 3 is 2.70 bits per heavy atom. The zero-order valence-electron chi connectivity index (χ0n) is 17.7. The number of ether oxygens (including phenoxy) is 2. The lowest BCUT2D eigenvalue weighted by atomic mass is 10.2. The molecule has 6 nitrogen and oxygen atoms in total. The highest BCUT2D eigenvalue weighted by molar-refractivity contribution is 9.10. The smallest absolute Gasteiger partial charge is 0.307 e. The number of halogens is 2. The van der Waals surface area contributed by atoms with E-state index in [1.165, 1.54) is 6.21 Å². The van der Waals surface area contributed by atoms with E-state index in [-0.39, 0.29) is 5.76 Å². The normalized spacial score (nSPS) is 11.1. The second-order valence-corrected chi connectivity index (χ2v) is 8.39. The third kappa shape index (κ3) is 5.94. The number of carbonyl (C=O) groups is 1. The zero-order chi connectivity index (χ0) is 23.2. The number of hydrogen-bond donors (Lipinski definition) is 1. The van der Waals surface area contributed by atoms with Crippen LogP contribution < -0.4 is 14.9 Å².